The van der Waals surface area contributed by atoms with Crippen LogP contribution in [-0.4, -0.2) is 58.2 Å². The smallest absolute Gasteiger partial charge is 0.243 e. The van der Waals surface area contributed by atoms with Crippen LogP contribution in [0.25, 0.3) is 0 Å². The molecular formula is C19H22FN3O3S. The van der Waals surface area contributed by atoms with Gasteiger partial charge < -0.3 is 9.80 Å². The van der Waals surface area contributed by atoms with Crippen LogP contribution in [0.2, 0.25) is 0 Å². The average molecular weight is 391 g/mol. The number of para-hydroxylation sites is 2. The zero-order chi connectivity index (χ0) is 19.4. The van der Waals surface area contributed by atoms with Crippen molar-refractivity contribution in [2.24, 2.45) is 0 Å². The van der Waals surface area contributed by atoms with Gasteiger partial charge in [-0.3, -0.25) is 9.10 Å². The zero-order valence-corrected chi connectivity index (χ0v) is 15.9. The summed E-state index contributed by atoms with van der Waals surface area (Å²) < 4.78 is 39.3. The van der Waals surface area contributed by atoms with E-state index in [9.17, 15) is 17.6 Å². The van der Waals surface area contributed by atoms with Crippen molar-refractivity contribution in [3.63, 3.8) is 0 Å². The maximum Gasteiger partial charge on any atom is 0.243 e. The van der Waals surface area contributed by atoms with Gasteiger partial charge in [-0.15, -0.1) is 0 Å². The molecule has 1 amide bonds. The van der Waals surface area contributed by atoms with E-state index >= 15 is 0 Å². The number of halogens is 1. The maximum atomic E-state index is 13.9. The van der Waals surface area contributed by atoms with Gasteiger partial charge in [0.15, 0.2) is 0 Å². The molecule has 3 rings (SSSR count). The van der Waals surface area contributed by atoms with E-state index in [0.29, 0.717) is 37.6 Å². The number of anilines is 2. The normalized spacial score (nSPS) is 14.9. The summed E-state index contributed by atoms with van der Waals surface area (Å²) in [4.78, 5) is 16.2. The second-order valence-electron chi connectivity index (χ2n) is 6.42. The van der Waals surface area contributed by atoms with Gasteiger partial charge in [0.05, 0.1) is 17.6 Å². The van der Waals surface area contributed by atoms with Gasteiger partial charge in [-0.05, 0) is 24.3 Å². The lowest BCUT2D eigenvalue weighted by Crippen LogP contribution is -2.52. The second-order valence-corrected chi connectivity index (χ2v) is 8.33. The Balaban J connectivity index is 1.66. The Kier molecular flexibility index (Phi) is 5.65. The van der Waals surface area contributed by atoms with Gasteiger partial charge in [-0.1, -0.05) is 30.3 Å². The molecule has 1 heterocycles. The largest absolute Gasteiger partial charge is 0.366 e. The molecule has 144 valence electrons. The van der Waals surface area contributed by atoms with Gasteiger partial charge in [-0.2, -0.15) is 0 Å². The van der Waals surface area contributed by atoms with Crippen LogP contribution in [-0.2, 0) is 14.8 Å². The van der Waals surface area contributed by atoms with Gasteiger partial charge >= 0.3 is 0 Å². The minimum Gasteiger partial charge on any atom is -0.366 e. The predicted octanol–water partition coefficient (Wildman–Crippen LogP) is 1.94. The summed E-state index contributed by atoms with van der Waals surface area (Å²) in [6.07, 6.45) is 1.09. The fourth-order valence-electron chi connectivity index (χ4n) is 3.12. The highest BCUT2D eigenvalue weighted by molar-refractivity contribution is 7.92. The molecular weight excluding hydrogens is 369 g/mol. The molecule has 1 aliphatic heterocycles. The standard InChI is InChI=1S/C19H22FN3O3S/c1-27(25,26)23(16-7-3-2-4-8-16)15-19(24)22-13-11-21(12-14-22)18-10-6-5-9-17(18)20/h2-10H,11-15H2,1H3. The van der Waals surface area contributed by atoms with Crippen LogP contribution in [0, 0.1) is 5.82 Å². The third-order valence-corrected chi connectivity index (χ3v) is 5.69. The van der Waals surface area contributed by atoms with Crippen LogP contribution in [0.15, 0.2) is 54.6 Å². The third kappa shape index (κ3) is 4.57. The quantitative estimate of drug-likeness (QED) is 0.782. The lowest BCUT2D eigenvalue weighted by atomic mass is 10.2. The van der Waals surface area contributed by atoms with Crippen molar-refractivity contribution in [3.8, 4) is 0 Å². The van der Waals surface area contributed by atoms with Crippen molar-refractivity contribution in [2.45, 2.75) is 0 Å². The van der Waals surface area contributed by atoms with E-state index in [-0.39, 0.29) is 18.3 Å². The summed E-state index contributed by atoms with van der Waals surface area (Å²) >= 11 is 0. The molecule has 8 heteroatoms. The van der Waals surface area contributed by atoms with Crippen molar-refractivity contribution in [1.29, 1.82) is 0 Å². The van der Waals surface area contributed by atoms with Gasteiger partial charge in [0.2, 0.25) is 15.9 Å². The molecule has 2 aromatic carbocycles. The summed E-state index contributed by atoms with van der Waals surface area (Å²) in [5, 5.41) is 0. The predicted molar refractivity (Wildman–Crippen MR) is 104 cm³/mol. The molecule has 0 N–H and O–H groups in total. The Bertz CT molecular complexity index is 897. The van der Waals surface area contributed by atoms with Gasteiger partial charge in [-0.25, -0.2) is 12.8 Å². The monoisotopic (exact) mass is 391 g/mol. The van der Waals surface area contributed by atoms with Crippen LogP contribution >= 0.6 is 0 Å². The number of amides is 1. The topological polar surface area (TPSA) is 60.9 Å². The van der Waals surface area contributed by atoms with Gasteiger partial charge in [0.25, 0.3) is 0 Å². The van der Waals surface area contributed by atoms with E-state index in [1.807, 2.05) is 4.90 Å². The van der Waals surface area contributed by atoms with Crippen molar-refractivity contribution < 1.29 is 17.6 Å². The molecule has 0 saturated carbocycles. The number of sulfonamides is 1. The molecule has 0 aromatic heterocycles. The number of hydrogen-bond acceptors (Lipinski definition) is 4. The Labute approximate surface area is 158 Å². The Hall–Kier alpha value is -2.61. The average Bonchev–Trinajstić information content (AvgIpc) is 2.66. The van der Waals surface area contributed by atoms with Gasteiger partial charge in [0.1, 0.15) is 12.4 Å². The Morgan fingerprint density at radius 3 is 2.19 bits per heavy atom. The molecule has 1 fully saturated rings. The van der Waals surface area contributed by atoms with Crippen molar-refractivity contribution in [2.75, 3.05) is 48.2 Å². The van der Waals surface area contributed by atoms with Gasteiger partial charge in [0, 0.05) is 26.2 Å². The van der Waals surface area contributed by atoms with E-state index in [1.165, 1.54) is 6.07 Å². The maximum absolute atomic E-state index is 13.9. The van der Waals surface area contributed by atoms with Crippen LogP contribution in [0.5, 0.6) is 0 Å². The lowest BCUT2D eigenvalue weighted by Gasteiger charge is -2.37. The number of rotatable bonds is 5. The lowest BCUT2D eigenvalue weighted by molar-refractivity contribution is -0.129. The molecule has 0 spiro atoms. The first kappa shape index (κ1) is 19.2. The highest BCUT2D eigenvalue weighted by atomic mass is 32.2. The number of carbonyl (C=O) groups is 1. The fourth-order valence-corrected chi connectivity index (χ4v) is 3.97. The van der Waals surface area contributed by atoms with Crippen molar-refractivity contribution in [1.82, 2.24) is 4.90 Å². The van der Waals surface area contributed by atoms with E-state index in [0.717, 1.165) is 10.6 Å². The number of carbonyl (C=O) groups excluding carboxylic acids is 1. The minimum atomic E-state index is -3.59. The zero-order valence-electron chi connectivity index (χ0n) is 15.1. The molecule has 0 unspecified atom stereocenters. The van der Waals surface area contributed by atoms with Crippen LogP contribution in [0.3, 0.4) is 0 Å². The first-order chi connectivity index (χ1) is 12.9. The SMILES string of the molecule is CS(=O)(=O)N(CC(=O)N1CCN(c2ccccc2F)CC1)c1ccccc1. The molecule has 0 aliphatic carbocycles. The molecule has 6 nitrogen and oxygen atoms in total. The molecule has 1 aliphatic rings. The third-order valence-electron chi connectivity index (χ3n) is 4.55. The molecule has 0 radical (unpaired) electrons. The van der Waals surface area contributed by atoms with E-state index in [2.05, 4.69) is 0 Å². The van der Waals surface area contributed by atoms with Crippen molar-refractivity contribution >= 4 is 27.3 Å². The minimum absolute atomic E-state index is 0.247. The van der Waals surface area contributed by atoms with E-state index in [1.54, 1.807) is 53.4 Å². The first-order valence-electron chi connectivity index (χ1n) is 8.66. The summed E-state index contributed by atoms with van der Waals surface area (Å²) in [6.45, 7) is 1.58. The number of hydrogen-bond donors (Lipinski definition) is 0. The summed E-state index contributed by atoms with van der Waals surface area (Å²) in [6, 6.07) is 15.1. The summed E-state index contributed by atoms with van der Waals surface area (Å²) in [5.41, 5.74) is 0.977. The summed E-state index contributed by atoms with van der Waals surface area (Å²) in [5.74, 6) is -0.554. The number of nitrogens with zero attached hydrogens (tertiary/aromatic N) is 3. The summed E-state index contributed by atoms with van der Waals surface area (Å²) in [7, 11) is -3.59. The Morgan fingerprint density at radius 1 is 1.00 bits per heavy atom. The Morgan fingerprint density at radius 2 is 1.59 bits per heavy atom. The second kappa shape index (κ2) is 7.96. The van der Waals surface area contributed by atoms with E-state index < -0.39 is 10.0 Å². The highest BCUT2D eigenvalue weighted by Crippen LogP contribution is 2.21. The van der Waals surface area contributed by atoms with Crippen LogP contribution in [0.4, 0.5) is 15.8 Å². The molecule has 2 aromatic rings. The van der Waals surface area contributed by atoms with Crippen LogP contribution in [0.1, 0.15) is 0 Å². The molecule has 0 atom stereocenters. The molecule has 27 heavy (non-hydrogen) atoms. The van der Waals surface area contributed by atoms with Crippen molar-refractivity contribution in [3.05, 3.63) is 60.4 Å². The number of piperazine rings is 1. The first-order valence-corrected chi connectivity index (χ1v) is 10.5. The highest BCUT2D eigenvalue weighted by Gasteiger charge is 2.27. The molecule has 0 bridgehead atoms. The number of benzene rings is 2. The van der Waals surface area contributed by atoms with Crippen LogP contribution < -0.4 is 9.21 Å². The fraction of sp³-hybridized carbons (Fsp3) is 0.316. The van der Waals surface area contributed by atoms with E-state index in [4.69, 9.17) is 0 Å². The molecule has 1 saturated heterocycles.